The Morgan fingerprint density at radius 1 is 1.43 bits per heavy atom. The van der Waals surface area contributed by atoms with E-state index in [0.29, 0.717) is 5.92 Å². The third-order valence-electron chi connectivity index (χ3n) is 2.41. The molecule has 1 fully saturated rings. The first kappa shape index (κ1) is 10.5. The predicted octanol–water partition coefficient (Wildman–Crippen LogP) is 3.31. The Balaban J connectivity index is 1.87. The third kappa shape index (κ3) is 2.75. The summed E-state index contributed by atoms with van der Waals surface area (Å²) in [6.07, 6.45) is 2.29. The fourth-order valence-corrected chi connectivity index (χ4v) is 2.99. The minimum atomic E-state index is -0.118. The van der Waals surface area contributed by atoms with Gasteiger partial charge in [0, 0.05) is 15.1 Å². The maximum Gasteiger partial charge on any atom is 0.0662 e. The summed E-state index contributed by atoms with van der Waals surface area (Å²) < 4.78 is 1.12. The first-order valence-electron chi connectivity index (χ1n) is 4.83. The van der Waals surface area contributed by atoms with Gasteiger partial charge in [-0.15, -0.1) is 11.8 Å². The molecule has 1 aromatic carbocycles. The first-order chi connectivity index (χ1) is 6.77. The van der Waals surface area contributed by atoms with Crippen molar-refractivity contribution in [1.29, 1.82) is 0 Å². The van der Waals surface area contributed by atoms with Gasteiger partial charge in [0.25, 0.3) is 0 Å². The van der Waals surface area contributed by atoms with Crippen LogP contribution in [0.1, 0.15) is 12.8 Å². The first-order valence-corrected chi connectivity index (χ1v) is 6.60. The molecule has 0 aliphatic heterocycles. The number of thioether (sulfide) groups is 1. The van der Waals surface area contributed by atoms with Crippen LogP contribution in [0.15, 0.2) is 33.6 Å². The predicted molar refractivity (Wildman–Crippen MR) is 63.6 cm³/mol. The Bertz CT molecular complexity index is 312. The normalized spacial score (nSPS) is 18.1. The molecule has 2 rings (SSSR count). The van der Waals surface area contributed by atoms with Crippen molar-refractivity contribution in [3.05, 3.63) is 28.7 Å². The lowest BCUT2D eigenvalue weighted by Crippen LogP contribution is -2.11. The summed E-state index contributed by atoms with van der Waals surface area (Å²) in [5.74, 6) is 1.39. The van der Waals surface area contributed by atoms with Crippen molar-refractivity contribution >= 4 is 27.7 Å². The number of aliphatic hydroxyl groups excluding tert-OH is 1. The van der Waals surface area contributed by atoms with E-state index < -0.39 is 0 Å². The molecule has 0 aromatic heterocycles. The summed E-state index contributed by atoms with van der Waals surface area (Å²) in [6.45, 7) is 0. The molecule has 1 unspecified atom stereocenters. The van der Waals surface area contributed by atoms with Crippen LogP contribution in [0.25, 0.3) is 0 Å². The van der Waals surface area contributed by atoms with E-state index in [1.807, 2.05) is 18.2 Å². The molecule has 1 aliphatic rings. The van der Waals surface area contributed by atoms with Gasteiger partial charge in [-0.2, -0.15) is 0 Å². The van der Waals surface area contributed by atoms with Crippen molar-refractivity contribution in [3.8, 4) is 0 Å². The lowest BCUT2D eigenvalue weighted by Gasteiger charge is -2.09. The zero-order valence-corrected chi connectivity index (χ0v) is 10.2. The Morgan fingerprint density at radius 2 is 2.14 bits per heavy atom. The summed E-state index contributed by atoms with van der Waals surface area (Å²) in [5, 5.41) is 9.71. The number of hydrogen-bond donors (Lipinski definition) is 1. The van der Waals surface area contributed by atoms with Crippen LogP contribution in [-0.2, 0) is 0 Å². The molecule has 3 heteroatoms. The highest BCUT2D eigenvalue weighted by Crippen LogP contribution is 2.36. The standard InChI is InChI=1S/C11H13BrOS/c12-9-3-1-2-4-11(9)14-7-10(13)8-5-6-8/h1-4,8,10,13H,5-7H2. The average molecular weight is 273 g/mol. The second-order valence-electron chi connectivity index (χ2n) is 3.65. The Labute approximate surface area is 97.0 Å². The van der Waals surface area contributed by atoms with Crippen LogP contribution < -0.4 is 0 Å². The zero-order valence-electron chi connectivity index (χ0n) is 7.82. The summed E-state index contributed by atoms with van der Waals surface area (Å²) in [7, 11) is 0. The van der Waals surface area contributed by atoms with Gasteiger partial charge in [-0.05, 0) is 46.8 Å². The van der Waals surface area contributed by atoms with E-state index in [-0.39, 0.29) is 6.10 Å². The summed E-state index contributed by atoms with van der Waals surface area (Å²) >= 11 is 5.22. The third-order valence-corrected chi connectivity index (χ3v) is 4.54. The molecule has 0 amide bonds. The van der Waals surface area contributed by atoms with Gasteiger partial charge in [0.1, 0.15) is 0 Å². The lowest BCUT2D eigenvalue weighted by atomic mass is 10.3. The van der Waals surface area contributed by atoms with Crippen molar-refractivity contribution in [1.82, 2.24) is 0 Å². The van der Waals surface area contributed by atoms with Crippen LogP contribution in [0.3, 0.4) is 0 Å². The van der Waals surface area contributed by atoms with Gasteiger partial charge in [0.2, 0.25) is 0 Å². The van der Waals surface area contributed by atoms with E-state index in [2.05, 4.69) is 22.0 Å². The summed E-state index contributed by atoms with van der Waals surface area (Å²) in [5.41, 5.74) is 0. The lowest BCUT2D eigenvalue weighted by molar-refractivity contribution is 0.176. The Morgan fingerprint density at radius 3 is 2.79 bits per heavy atom. The fourth-order valence-electron chi connectivity index (χ4n) is 1.35. The van der Waals surface area contributed by atoms with E-state index >= 15 is 0 Å². The smallest absolute Gasteiger partial charge is 0.0662 e. The highest BCUT2D eigenvalue weighted by Gasteiger charge is 2.29. The molecule has 1 aromatic rings. The molecule has 14 heavy (non-hydrogen) atoms. The highest BCUT2D eigenvalue weighted by atomic mass is 79.9. The van der Waals surface area contributed by atoms with Gasteiger partial charge >= 0.3 is 0 Å². The molecule has 0 bridgehead atoms. The zero-order chi connectivity index (χ0) is 9.97. The molecule has 1 saturated carbocycles. The van der Waals surface area contributed by atoms with E-state index in [0.717, 1.165) is 10.2 Å². The molecule has 1 aliphatic carbocycles. The SMILES string of the molecule is OC(CSc1ccccc1Br)C1CC1. The number of halogens is 1. The molecule has 1 nitrogen and oxygen atoms in total. The largest absolute Gasteiger partial charge is 0.392 e. The second kappa shape index (κ2) is 4.69. The van der Waals surface area contributed by atoms with Gasteiger partial charge in [-0.1, -0.05) is 12.1 Å². The molecule has 0 saturated heterocycles. The number of benzene rings is 1. The maximum atomic E-state index is 9.71. The molecule has 1 N–H and O–H groups in total. The van der Waals surface area contributed by atoms with Crippen LogP contribution in [0, 0.1) is 5.92 Å². The van der Waals surface area contributed by atoms with Crippen LogP contribution >= 0.6 is 27.7 Å². The second-order valence-corrected chi connectivity index (χ2v) is 5.56. The minimum Gasteiger partial charge on any atom is -0.392 e. The molecule has 1 atom stereocenters. The molecule has 0 heterocycles. The monoisotopic (exact) mass is 272 g/mol. The number of hydrogen-bond acceptors (Lipinski definition) is 2. The van der Waals surface area contributed by atoms with Gasteiger partial charge in [-0.25, -0.2) is 0 Å². The Kier molecular flexibility index (Phi) is 3.52. The van der Waals surface area contributed by atoms with Crippen LogP contribution in [0.5, 0.6) is 0 Å². The molecule has 0 spiro atoms. The highest BCUT2D eigenvalue weighted by molar-refractivity contribution is 9.10. The number of aliphatic hydroxyl groups is 1. The maximum absolute atomic E-state index is 9.71. The molecule has 76 valence electrons. The molecular formula is C11H13BrOS. The number of rotatable bonds is 4. The van der Waals surface area contributed by atoms with Crippen molar-refractivity contribution in [2.45, 2.75) is 23.8 Å². The molecular weight excluding hydrogens is 260 g/mol. The minimum absolute atomic E-state index is 0.118. The van der Waals surface area contributed by atoms with E-state index in [1.165, 1.54) is 17.7 Å². The summed E-state index contributed by atoms with van der Waals surface area (Å²) in [4.78, 5) is 1.22. The van der Waals surface area contributed by atoms with Crippen molar-refractivity contribution in [2.75, 3.05) is 5.75 Å². The van der Waals surface area contributed by atoms with Crippen LogP contribution in [0.4, 0.5) is 0 Å². The van der Waals surface area contributed by atoms with Crippen LogP contribution in [-0.4, -0.2) is 17.0 Å². The molecule has 0 radical (unpaired) electrons. The van der Waals surface area contributed by atoms with Gasteiger partial charge < -0.3 is 5.11 Å². The quantitative estimate of drug-likeness (QED) is 0.849. The van der Waals surface area contributed by atoms with Gasteiger partial charge in [-0.3, -0.25) is 0 Å². The Hall–Kier alpha value is 0.01000. The van der Waals surface area contributed by atoms with Gasteiger partial charge in [0.15, 0.2) is 0 Å². The van der Waals surface area contributed by atoms with Crippen molar-refractivity contribution in [3.63, 3.8) is 0 Å². The van der Waals surface area contributed by atoms with E-state index in [9.17, 15) is 5.11 Å². The fraction of sp³-hybridized carbons (Fsp3) is 0.455. The van der Waals surface area contributed by atoms with Crippen molar-refractivity contribution in [2.24, 2.45) is 5.92 Å². The van der Waals surface area contributed by atoms with Crippen molar-refractivity contribution < 1.29 is 5.11 Å². The van der Waals surface area contributed by atoms with Gasteiger partial charge in [0.05, 0.1) is 6.10 Å². The average Bonchev–Trinajstić information content (AvgIpc) is 2.99. The van der Waals surface area contributed by atoms with Crippen LogP contribution in [0.2, 0.25) is 0 Å². The summed E-state index contributed by atoms with van der Waals surface area (Å²) in [6, 6.07) is 8.14. The topological polar surface area (TPSA) is 20.2 Å². The van der Waals surface area contributed by atoms with E-state index in [4.69, 9.17) is 0 Å². The van der Waals surface area contributed by atoms with E-state index in [1.54, 1.807) is 11.8 Å².